The van der Waals surface area contributed by atoms with Crippen LogP contribution in [0.25, 0.3) is 0 Å². The van der Waals surface area contributed by atoms with Gasteiger partial charge in [-0.2, -0.15) is 5.10 Å². The first-order valence-corrected chi connectivity index (χ1v) is 9.59. The fraction of sp³-hybridized carbons (Fsp3) is 0.737. The Balaban J connectivity index is 1.73. The highest BCUT2D eigenvalue weighted by Gasteiger charge is 2.48. The third kappa shape index (κ3) is 3.63. The van der Waals surface area contributed by atoms with Crippen molar-refractivity contribution in [3.8, 4) is 0 Å². The zero-order chi connectivity index (χ0) is 18.9. The molecule has 0 radical (unpaired) electrons. The van der Waals surface area contributed by atoms with Crippen molar-refractivity contribution in [2.75, 3.05) is 19.6 Å². The van der Waals surface area contributed by atoms with E-state index >= 15 is 0 Å². The summed E-state index contributed by atoms with van der Waals surface area (Å²) in [5, 5.41) is 14.2. The molecular formula is C19H30N4O3. The van der Waals surface area contributed by atoms with Crippen LogP contribution in [0.1, 0.15) is 50.8 Å². The number of amides is 1. The maximum Gasteiger partial charge on any atom is 0.320 e. The van der Waals surface area contributed by atoms with Crippen molar-refractivity contribution in [2.45, 2.75) is 65.6 Å². The van der Waals surface area contributed by atoms with Crippen LogP contribution in [0.3, 0.4) is 0 Å². The Bertz CT molecular complexity index is 676. The SMILES string of the molecule is CCCn1ncc(CN2CC3(CCN(C(C)=O)CC3)C[C@@H]2C(=O)O)c1C. The lowest BCUT2D eigenvalue weighted by molar-refractivity contribution is -0.142. The quantitative estimate of drug-likeness (QED) is 0.865. The van der Waals surface area contributed by atoms with Crippen LogP contribution in [-0.2, 0) is 22.7 Å². The topological polar surface area (TPSA) is 78.7 Å². The standard InChI is InChI=1S/C19H30N4O3/c1-4-7-23-14(2)16(11-20-23)12-22-13-19(10-17(22)18(25)26)5-8-21(9-6-19)15(3)24/h11,17H,4-10,12-13H2,1-3H3,(H,25,26)/t17-/m1/s1. The van der Waals surface area contributed by atoms with Crippen LogP contribution in [0.2, 0.25) is 0 Å². The molecule has 3 heterocycles. The first kappa shape index (κ1) is 18.9. The molecule has 0 saturated carbocycles. The number of carbonyl (C=O) groups excluding carboxylic acids is 1. The molecule has 1 atom stereocenters. The molecule has 0 unspecified atom stereocenters. The van der Waals surface area contributed by atoms with Gasteiger partial charge in [-0.1, -0.05) is 6.92 Å². The molecule has 7 nitrogen and oxygen atoms in total. The summed E-state index contributed by atoms with van der Waals surface area (Å²) in [4.78, 5) is 27.4. The summed E-state index contributed by atoms with van der Waals surface area (Å²) >= 11 is 0. The Morgan fingerprint density at radius 1 is 1.35 bits per heavy atom. The van der Waals surface area contributed by atoms with Gasteiger partial charge < -0.3 is 10.0 Å². The molecule has 2 aliphatic heterocycles. The number of carbonyl (C=O) groups is 2. The van der Waals surface area contributed by atoms with E-state index in [0.717, 1.165) is 56.7 Å². The van der Waals surface area contributed by atoms with Gasteiger partial charge >= 0.3 is 5.97 Å². The van der Waals surface area contributed by atoms with Crippen LogP contribution < -0.4 is 0 Å². The second-order valence-electron chi connectivity index (χ2n) is 7.95. The van der Waals surface area contributed by atoms with Crippen molar-refractivity contribution in [1.82, 2.24) is 19.6 Å². The van der Waals surface area contributed by atoms with E-state index in [-0.39, 0.29) is 11.3 Å². The zero-order valence-electron chi connectivity index (χ0n) is 16.1. The van der Waals surface area contributed by atoms with Crippen LogP contribution in [-0.4, -0.2) is 62.2 Å². The maximum absolute atomic E-state index is 11.9. The second kappa shape index (κ2) is 7.39. The number of nitrogens with zero attached hydrogens (tertiary/aromatic N) is 4. The van der Waals surface area contributed by atoms with E-state index in [4.69, 9.17) is 0 Å². The first-order chi connectivity index (χ1) is 12.3. The minimum Gasteiger partial charge on any atom is -0.480 e. The predicted molar refractivity (Wildman–Crippen MR) is 97.6 cm³/mol. The highest BCUT2D eigenvalue weighted by atomic mass is 16.4. The molecule has 1 aromatic heterocycles. The molecule has 0 bridgehead atoms. The fourth-order valence-corrected chi connectivity index (χ4v) is 4.51. The van der Waals surface area contributed by atoms with E-state index < -0.39 is 12.0 Å². The minimum absolute atomic E-state index is 0.0162. The van der Waals surface area contributed by atoms with E-state index in [1.54, 1.807) is 6.92 Å². The Hall–Kier alpha value is -1.89. The molecule has 1 amide bonds. The monoisotopic (exact) mass is 362 g/mol. The average molecular weight is 362 g/mol. The summed E-state index contributed by atoms with van der Waals surface area (Å²) in [5.41, 5.74) is 2.26. The smallest absolute Gasteiger partial charge is 0.320 e. The zero-order valence-corrected chi connectivity index (χ0v) is 16.1. The summed E-state index contributed by atoms with van der Waals surface area (Å²) in [7, 11) is 0. The van der Waals surface area contributed by atoms with Crippen molar-refractivity contribution in [1.29, 1.82) is 0 Å². The summed E-state index contributed by atoms with van der Waals surface area (Å²) < 4.78 is 2.00. The number of aryl methyl sites for hydroxylation is 1. The number of hydrogen-bond donors (Lipinski definition) is 1. The Morgan fingerprint density at radius 2 is 2.04 bits per heavy atom. The molecule has 1 N–H and O–H groups in total. The van der Waals surface area contributed by atoms with E-state index in [0.29, 0.717) is 13.0 Å². The number of hydrogen-bond acceptors (Lipinski definition) is 4. The van der Waals surface area contributed by atoms with Gasteiger partial charge in [0.1, 0.15) is 6.04 Å². The Labute approximate surface area is 155 Å². The molecule has 1 aromatic rings. The summed E-state index contributed by atoms with van der Waals surface area (Å²) in [6.45, 7) is 9.57. The molecule has 0 aromatic carbocycles. The van der Waals surface area contributed by atoms with Gasteiger partial charge in [0.15, 0.2) is 0 Å². The van der Waals surface area contributed by atoms with E-state index in [9.17, 15) is 14.7 Å². The minimum atomic E-state index is -0.741. The van der Waals surface area contributed by atoms with Gasteiger partial charge in [0.2, 0.25) is 5.91 Å². The normalized spacial score (nSPS) is 22.9. The molecule has 7 heteroatoms. The second-order valence-corrected chi connectivity index (χ2v) is 7.95. The van der Waals surface area contributed by atoms with Gasteiger partial charge in [0, 0.05) is 50.9 Å². The number of aromatic nitrogens is 2. The van der Waals surface area contributed by atoms with Crippen molar-refractivity contribution in [2.24, 2.45) is 5.41 Å². The summed E-state index contributed by atoms with van der Waals surface area (Å²) in [5.74, 6) is -0.627. The van der Waals surface area contributed by atoms with Crippen LogP contribution >= 0.6 is 0 Å². The number of carboxylic acids is 1. The fourth-order valence-electron chi connectivity index (χ4n) is 4.51. The van der Waals surface area contributed by atoms with Gasteiger partial charge in [0.25, 0.3) is 0 Å². The van der Waals surface area contributed by atoms with Crippen molar-refractivity contribution in [3.63, 3.8) is 0 Å². The number of rotatable bonds is 5. The molecule has 144 valence electrons. The lowest BCUT2D eigenvalue weighted by Gasteiger charge is -2.39. The van der Waals surface area contributed by atoms with Gasteiger partial charge in [-0.05, 0) is 38.0 Å². The molecule has 2 fully saturated rings. The number of likely N-dealkylation sites (tertiary alicyclic amines) is 2. The highest BCUT2D eigenvalue weighted by molar-refractivity contribution is 5.74. The number of carboxylic acid groups (broad SMARTS) is 1. The lowest BCUT2D eigenvalue weighted by Crippen LogP contribution is -2.43. The highest BCUT2D eigenvalue weighted by Crippen LogP contribution is 2.44. The molecule has 2 aliphatic rings. The van der Waals surface area contributed by atoms with Crippen LogP contribution in [0, 0.1) is 12.3 Å². The lowest BCUT2D eigenvalue weighted by atomic mass is 9.76. The average Bonchev–Trinajstić information content (AvgIpc) is 3.11. The number of aliphatic carboxylic acids is 1. The molecular weight excluding hydrogens is 332 g/mol. The largest absolute Gasteiger partial charge is 0.480 e. The van der Waals surface area contributed by atoms with Crippen molar-refractivity contribution < 1.29 is 14.7 Å². The van der Waals surface area contributed by atoms with Crippen molar-refractivity contribution >= 4 is 11.9 Å². The first-order valence-electron chi connectivity index (χ1n) is 9.59. The predicted octanol–water partition coefficient (Wildman–Crippen LogP) is 1.89. The van der Waals surface area contributed by atoms with E-state index in [2.05, 4.69) is 23.8 Å². The van der Waals surface area contributed by atoms with Crippen LogP contribution in [0.4, 0.5) is 0 Å². The Morgan fingerprint density at radius 3 is 2.62 bits per heavy atom. The van der Waals surface area contributed by atoms with Gasteiger partial charge in [-0.15, -0.1) is 0 Å². The Kier molecular flexibility index (Phi) is 5.37. The molecule has 1 spiro atoms. The van der Waals surface area contributed by atoms with Gasteiger partial charge in [0.05, 0.1) is 6.20 Å². The van der Waals surface area contributed by atoms with Crippen LogP contribution in [0.5, 0.6) is 0 Å². The summed E-state index contributed by atoms with van der Waals surface area (Å²) in [6, 6.07) is -0.451. The van der Waals surface area contributed by atoms with E-state index in [1.807, 2.05) is 15.8 Å². The maximum atomic E-state index is 11.9. The van der Waals surface area contributed by atoms with Crippen LogP contribution in [0.15, 0.2) is 6.20 Å². The van der Waals surface area contributed by atoms with Gasteiger partial charge in [-0.3, -0.25) is 19.2 Å². The molecule has 26 heavy (non-hydrogen) atoms. The van der Waals surface area contributed by atoms with E-state index in [1.165, 1.54) is 0 Å². The third-order valence-corrected chi connectivity index (χ3v) is 6.17. The molecule has 2 saturated heterocycles. The van der Waals surface area contributed by atoms with Crippen molar-refractivity contribution in [3.05, 3.63) is 17.5 Å². The third-order valence-electron chi connectivity index (χ3n) is 6.17. The van der Waals surface area contributed by atoms with Gasteiger partial charge in [-0.25, -0.2) is 0 Å². The summed E-state index contributed by atoms with van der Waals surface area (Å²) in [6.07, 6.45) is 5.37. The molecule has 3 rings (SSSR count). The molecule has 0 aliphatic carbocycles. The number of piperidine rings is 1.